The lowest BCUT2D eigenvalue weighted by Gasteiger charge is -2.33. The molecule has 1 N–H and O–H groups in total. The van der Waals surface area contributed by atoms with Gasteiger partial charge in [0.1, 0.15) is 0 Å². The van der Waals surface area contributed by atoms with Gasteiger partial charge < -0.3 is 9.84 Å². The zero-order chi connectivity index (χ0) is 13.2. The molecule has 2 aliphatic rings. The van der Waals surface area contributed by atoms with Gasteiger partial charge in [-0.3, -0.25) is 4.90 Å². The van der Waals surface area contributed by atoms with Crippen molar-refractivity contribution in [1.29, 1.82) is 0 Å². The molecule has 0 saturated carbocycles. The van der Waals surface area contributed by atoms with E-state index in [1.165, 1.54) is 4.31 Å². The van der Waals surface area contributed by atoms with Gasteiger partial charge in [0.05, 0.1) is 24.6 Å². The van der Waals surface area contributed by atoms with Crippen LogP contribution in [-0.4, -0.2) is 80.0 Å². The third-order valence-electron chi connectivity index (χ3n) is 3.68. The van der Waals surface area contributed by atoms with Gasteiger partial charge in [0, 0.05) is 32.7 Å². The molecule has 2 fully saturated rings. The molecule has 0 aromatic rings. The van der Waals surface area contributed by atoms with Gasteiger partial charge in [-0.2, -0.15) is 4.31 Å². The summed E-state index contributed by atoms with van der Waals surface area (Å²) in [6.45, 7) is 5.81. The third kappa shape index (κ3) is 3.21. The van der Waals surface area contributed by atoms with Gasteiger partial charge >= 0.3 is 0 Å². The van der Waals surface area contributed by atoms with E-state index in [4.69, 9.17) is 4.74 Å². The molecule has 0 aromatic carbocycles. The van der Waals surface area contributed by atoms with E-state index >= 15 is 0 Å². The van der Waals surface area contributed by atoms with E-state index in [0.717, 1.165) is 13.1 Å². The Labute approximate surface area is 109 Å². The van der Waals surface area contributed by atoms with Crippen molar-refractivity contribution in [3.63, 3.8) is 0 Å². The fourth-order valence-electron chi connectivity index (χ4n) is 2.54. The first-order valence-electron chi connectivity index (χ1n) is 6.45. The summed E-state index contributed by atoms with van der Waals surface area (Å²) in [5.74, 6) is 0.0979. The summed E-state index contributed by atoms with van der Waals surface area (Å²) in [5.41, 5.74) is -0.903. The molecular formula is C11H22N2O4S. The number of aliphatic hydroxyl groups is 1. The highest BCUT2D eigenvalue weighted by atomic mass is 32.2. The van der Waals surface area contributed by atoms with Crippen LogP contribution in [-0.2, 0) is 14.8 Å². The van der Waals surface area contributed by atoms with Gasteiger partial charge in [-0.05, 0) is 13.3 Å². The Kier molecular flexibility index (Phi) is 4.28. The van der Waals surface area contributed by atoms with Crippen LogP contribution < -0.4 is 0 Å². The van der Waals surface area contributed by atoms with Crippen LogP contribution in [0.15, 0.2) is 0 Å². The normalized spacial score (nSPS) is 31.9. The highest BCUT2D eigenvalue weighted by Crippen LogP contribution is 2.25. The first kappa shape index (κ1) is 14.2. The second-order valence-corrected chi connectivity index (χ2v) is 7.35. The standard InChI is InChI=1S/C11H22N2O4S/c1-2-18(15,16)13-4-3-11(14,10-13)9-12-5-7-17-8-6-12/h14H,2-10H2,1H3/t11-/m1/s1. The predicted molar refractivity (Wildman–Crippen MR) is 67.9 cm³/mol. The summed E-state index contributed by atoms with van der Waals surface area (Å²) in [5, 5.41) is 10.5. The number of ether oxygens (including phenoxy) is 1. The SMILES string of the molecule is CCS(=O)(=O)N1CC[C@@](O)(CN2CCOCC2)C1. The second kappa shape index (κ2) is 5.42. The van der Waals surface area contributed by atoms with Gasteiger partial charge in [-0.15, -0.1) is 0 Å². The maximum Gasteiger partial charge on any atom is 0.213 e. The highest BCUT2D eigenvalue weighted by Gasteiger charge is 2.41. The van der Waals surface area contributed by atoms with E-state index in [0.29, 0.717) is 32.7 Å². The molecule has 1 atom stereocenters. The molecule has 2 aliphatic heterocycles. The average Bonchev–Trinajstić information content (AvgIpc) is 2.73. The smallest absolute Gasteiger partial charge is 0.213 e. The van der Waals surface area contributed by atoms with E-state index in [1.807, 2.05) is 0 Å². The Morgan fingerprint density at radius 1 is 1.28 bits per heavy atom. The van der Waals surface area contributed by atoms with Crippen LogP contribution in [0.1, 0.15) is 13.3 Å². The van der Waals surface area contributed by atoms with Crippen LogP contribution in [0.2, 0.25) is 0 Å². The fraction of sp³-hybridized carbons (Fsp3) is 1.00. The van der Waals surface area contributed by atoms with Crippen molar-refractivity contribution in [1.82, 2.24) is 9.21 Å². The number of morpholine rings is 1. The van der Waals surface area contributed by atoms with Gasteiger partial charge in [-0.25, -0.2) is 8.42 Å². The monoisotopic (exact) mass is 278 g/mol. The molecule has 0 aromatic heterocycles. The lowest BCUT2D eigenvalue weighted by Crippen LogP contribution is -2.49. The van der Waals surface area contributed by atoms with E-state index in [1.54, 1.807) is 6.92 Å². The maximum absolute atomic E-state index is 11.8. The second-order valence-electron chi connectivity index (χ2n) is 5.10. The number of nitrogens with zero attached hydrogens (tertiary/aromatic N) is 2. The molecule has 2 rings (SSSR count). The minimum Gasteiger partial charge on any atom is -0.387 e. The molecule has 106 valence electrons. The van der Waals surface area contributed by atoms with Crippen molar-refractivity contribution in [3.8, 4) is 0 Å². The first-order valence-corrected chi connectivity index (χ1v) is 8.06. The molecule has 2 heterocycles. The van der Waals surface area contributed by atoms with Gasteiger partial charge in [0.2, 0.25) is 10.0 Å². The van der Waals surface area contributed by atoms with Crippen LogP contribution in [0.4, 0.5) is 0 Å². The molecule has 6 nitrogen and oxygen atoms in total. The molecule has 0 amide bonds. The van der Waals surface area contributed by atoms with Gasteiger partial charge in [-0.1, -0.05) is 0 Å². The Bertz CT molecular complexity index is 381. The van der Waals surface area contributed by atoms with E-state index in [-0.39, 0.29) is 12.3 Å². The molecule has 18 heavy (non-hydrogen) atoms. The van der Waals surface area contributed by atoms with Crippen molar-refractivity contribution in [2.45, 2.75) is 18.9 Å². The zero-order valence-electron chi connectivity index (χ0n) is 10.8. The van der Waals surface area contributed by atoms with Crippen LogP contribution in [0.5, 0.6) is 0 Å². The summed E-state index contributed by atoms with van der Waals surface area (Å²) in [6, 6.07) is 0. The van der Waals surface area contributed by atoms with Crippen molar-refractivity contribution < 1.29 is 18.3 Å². The number of β-amino-alcohol motifs (C(OH)–C–C–N with tert-alkyl or cyclic N) is 1. The van der Waals surface area contributed by atoms with Crippen molar-refractivity contribution in [3.05, 3.63) is 0 Å². The molecular weight excluding hydrogens is 256 g/mol. The Morgan fingerprint density at radius 2 is 1.94 bits per heavy atom. The quantitative estimate of drug-likeness (QED) is 0.722. The Hall–Kier alpha value is -0.210. The summed E-state index contributed by atoms with van der Waals surface area (Å²) >= 11 is 0. The molecule has 0 spiro atoms. The number of hydrogen-bond acceptors (Lipinski definition) is 5. The lowest BCUT2D eigenvalue weighted by molar-refractivity contribution is -0.0239. The summed E-state index contributed by atoms with van der Waals surface area (Å²) in [6.07, 6.45) is 0.517. The topological polar surface area (TPSA) is 70.1 Å². The maximum atomic E-state index is 11.8. The fourth-order valence-corrected chi connectivity index (χ4v) is 3.72. The molecule has 0 bridgehead atoms. The van der Waals surface area contributed by atoms with Crippen LogP contribution in [0.25, 0.3) is 0 Å². The molecule has 2 saturated heterocycles. The molecule has 7 heteroatoms. The van der Waals surface area contributed by atoms with Crippen molar-refractivity contribution in [2.75, 3.05) is 51.7 Å². The molecule has 0 radical (unpaired) electrons. The van der Waals surface area contributed by atoms with Gasteiger partial charge in [0.25, 0.3) is 0 Å². The molecule has 0 aliphatic carbocycles. The van der Waals surface area contributed by atoms with E-state index in [2.05, 4.69) is 4.90 Å². The molecule has 0 unspecified atom stereocenters. The largest absolute Gasteiger partial charge is 0.387 e. The number of rotatable bonds is 4. The van der Waals surface area contributed by atoms with Crippen LogP contribution in [0, 0.1) is 0 Å². The zero-order valence-corrected chi connectivity index (χ0v) is 11.7. The lowest BCUT2D eigenvalue weighted by atomic mass is 10.0. The Balaban J connectivity index is 1.93. The minimum absolute atomic E-state index is 0.0979. The third-order valence-corrected chi connectivity index (χ3v) is 5.51. The van der Waals surface area contributed by atoms with Crippen molar-refractivity contribution in [2.24, 2.45) is 0 Å². The predicted octanol–water partition coefficient (Wildman–Crippen LogP) is -0.895. The summed E-state index contributed by atoms with van der Waals surface area (Å²) in [7, 11) is -3.18. The van der Waals surface area contributed by atoms with Crippen molar-refractivity contribution >= 4 is 10.0 Å². The van der Waals surface area contributed by atoms with Crippen LogP contribution >= 0.6 is 0 Å². The van der Waals surface area contributed by atoms with E-state index in [9.17, 15) is 13.5 Å². The highest BCUT2D eigenvalue weighted by molar-refractivity contribution is 7.89. The number of sulfonamides is 1. The average molecular weight is 278 g/mol. The van der Waals surface area contributed by atoms with Gasteiger partial charge in [0.15, 0.2) is 0 Å². The minimum atomic E-state index is -3.18. The first-order chi connectivity index (χ1) is 8.45. The Morgan fingerprint density at radius 3 is 2.56 bits per heavy atom. The number of hydrogen-bond donors (Lipinski definition) is 1. The van der Waals surface area contributed by atoms with E-state index < -0.39 is 15.6 Å². The van der Waals surface area contributed by atoms with Crippen LogP contribution in [0.3, 0.4) is 0 Å². The summed E-state index contributed by atoms with van der Waals surface area (Å²) < 4.78 is 30.2. The summed E-state index contributed by atoms with van der Waals surface area (Å²) in [4.78, 5) is 2.14.